The number of aromatic nitrogens is 2. The van der Waals surface area contributed by atoms with Gasteiger partial charge in [-0.15, -0.1) is 0 Å². The summed E-state index contributed by atoms with van der Waals surface area (Å²) in [5, 5.41) is 3.32. The number of benzene rings is 1. The van der Waals surface area contributed by atoms with Gasteiger partial charge >= 0.3 is 0 Å². The Morgan fingerprint density at radius 2 is 2.00 bits per heavy atom. The van der Waals surface area contributed by atoms with Crippen LogP contribution in [0.3, 0.4) is 0 Å². The molecule has 4 nitrogen and oxygen atoms in total. The molecule has 1 unspecified atom stereocenters. The summed E-state index contributed by atoms with van der Waals surface area (Å²) in [6.07, 6.45) is 2.36. The van der Waals surface area contributed by atoms with Crippen LogP contribution in [0.1, 0.15) is 24.2 Å². The van der Waals surface area contributed by atoms with Crippen molar-refractivity contribution >= 4 is 0 Å². The first-order valence-electron chi connectivity index (χ1n) is 6.49. The van der Waals surface area contributed by atoms with Crippen molar-refractivity contribution < 1.29 is 4.74 Å². The van der Waals surface area contributed by atoms with Gasteiger partial charge in [0.2, 0.25) is 5.88 Å². The fourth-order valence-electron chi connectivity index (χ4n) is 2.00. The third-order valence-corrected chi connectivity index (χ3v) is 2.95. The van der Waals surface area contributed by atoms with E-state index in [-0.39, 0.29) is 6.04 Å². The fraction of sp³-hybridized carbons (Fsp3) is 0.333. The van der Waals surface area contributed by atoms with Crippen LogP contribution in [0.25, 0.3) is 0 Å². The maximum Gasteiger partial charge on any atom is 0.216 e. The minimum absolute atomic E-state index is 0.241. The van der Waals surface area contributed by atoms with Gasteiger partial charge in [-0.05, 0) is 19.5 Å². The van der Waals surface area contributed by atoms with Gasteiger partial charge in [0.25, 0.3) is 0 Å². The molecule has 1 aromatic heterocycles. The topological polar surface area (TPSA) is 47.0 Å². The van der Waals surface area contributed by atoms with E-state index in [9.17, 15) is 0 Å². The summed E-state index contributed by atoms with van der Waals surface area (Å²) in [4.78, 5) is 8.39. The van der Waals surface area contributed by atoms with Crippen LogP contribution in [-0.2, 0) is 6.42 Å². The Bertz CT molecular complexity index is 502. The molecule has 0 amide bonds. The van der Waals surface area contributed by atoms with Crippen LogP contribution in [0.15, 0.2) is 42.7 Å². The summed E-state index contributed by atoms with van der Waals surface area (Å²) in [5.74, 6) is 0.635. The molecule has 0 fully saturated rings. The Labute approximate surface area is 113 Å². The Morgan fingerprint density at radius 1 is 1.21 bits per heavy atom. The first-order valence-corrected chi connectivity index (χ1v) is 6.49. The molecule has 0 saturated heterocycles. The predicted molar refractivity (Wildman–Crippen MR) is 75.1 cm³/mol. The first-order chi connectivity index (χ1) is 9.33. The summed E-state index contributed by atoms with van der Waals surface area (Å²) in [7, 11) is 1.96. The van der Waals surface area contributed by atoms with E-state index in [4.69, 9.17) is 4.74 Å². The summed E-state index contributed by atoms with van der Waals surface area (Å²) in [5.41, 5.74) is 2.23. The molecule has 0 aliphatic heterocycles. The van der Waals surface area contributed by atoms with Crippen LogP contribution in [0.2, 0.25) is 0 Å². The second-order valence-corrected chi connectivity index (χ2v) is 4.24. The SMILES string of the molecule is CCOc1cc(CC(NC)c2ccccc2)ncn1. The Kier molecular flexibility index (Phi) is 4.86. The molecule has 2 rings (SSSR count). The van der Waals surface area contributed by atoms with Crippen LogP contribution in [-0.4, -0.2) is 23.6 Å². The molecule has 100 valence electrons. The lowest BCUT2D eigenvalue weighted by Crippen LogP contribution is -2.19. The predicted octanol–water partition coefficient (Wildman–Crippen LogP) is 2.38. The van der Waals surface area contributed by atoms with E-state index < -0.39 is 0 Å². The monoisotopic (exact) mass is 257 g/mol. The van der Waals surface area contributed by atoms with Crippen molar-refractivity contribution in [3.05, 3.63) is 54.0 Å². The van der Waals surface area contributed by atoms with E-state index >= 15 is 0 Å². The highest BCUT2D eigenvalue weighted by Crippen LogP contribution is 2.18. The standard InChI is InChI=1S/C15H19N3O/c1-3-19-15-10-13(17-11-18-15)9-14(16-2)12-7-5-4-6-8-12/h4-8,10-11,14,16H,3,9H2,1-2H3. The average molecular weight is 257 g/mol. The molecule has 1 atom stereocenters. The van der Waals surface area contributed by atoms with E-state index in [2.05, 4.69) is 27.4 Å². The Balaban J connectivity index is 2.12. The third-order valence-electron chi connectivity index (χ3n) is 2.95. The number of rotatable bonds is 6. The molecular formula is C15H19N3O. The van der Waals surface area contributed by atoms with Gasteiger partial charge in [-0.2, -0.15) is 0 Å². The number of hydrogen-bond acceptors (Lipinski definition) is 4. The van der Waals surface area contributed by atoms with E-state index in [0.29, 0.717) is 12.5 Å². The van der Waals surface area contributed by atoms with E-state index in [1.807, 2.05) is 38.2 Å². The summed E-state index contributed by atoms with van der Waals surface area (Å²) < 4.78 is 5.40. The van der Waals surface area contributed by atoms with Gasteiger partial charge in [0.1, 0.15) is 6.33 Å². The highest BCUT2D eigenvalue weighted by atomic mass is 16.5. The number of ether oxygens (including phenoxy) is 1. The fourth-order valence-corrected chi connectivity index (χ4v) is 2.00. The number of nitrogens with one attached hydrogen (secondary N) is 1. The van der Waals surface area contributed by atoms with Gasteiger partial charge in [-0.1, -0.05) is 30.3 Å². The lowest BCUT2D eigenvalue weighted by molar-refractivity contribution is 0.325. The van der Waals surface area contributed by atoms with E-state index in [1.165, 1.54) is 5.56 Å². The Hall–Kier alpha value is -1.94. The first kappa shape index (κ1) is 13.5. The van der Waals surface area contributed by atoms with Crippen molar-refractivity contribution in [2.45, 2.75) is 19.4 Å². The normalized spacial score (nSPS) is 12.1. The number of nitrogens with zero attached hydrogens (tertiary/aromatic N) is 2. The number of hydrogen-bond donors (Lipinski definition) is 1. The van der Waals surface area contributed by atoms with Crippen molar-refractivity contribution in [3.63, 3.8) is 0 Å². The average Bonchev–Trinajstić information content (AvgIpc) is 2.46. The van der Waals surface area contributed by atoms with E-state index in [0.717, 1.165) is 12.1 Å². The quantitative estimate of drug-likeness (QED) is 0.863. The maximum atomic E-state index is 5.40. The number of likely N-dealkylation sites (N-methyl/N-ethyl adjacent to an activating group) is 1. The molecule has 19 heavy (non-hydrogen) atoms. The minimum Gasteiger partial charge on any atom is -0.478 e. The molecule has 0 aliphatic carbocycles. The van der Waals surface area contributed by atoms with E-state index in [1.54, 1.807) is 6.33 Å². The van der Waals surface area contributed by atoms with Gasteiger partial charge in [-0.25, -0.2) is 9.97 Å². The lowest BCUT2D eigenvalue weighted by atomic mass is 10.0. The molecule has 1 aromatic carbocycles. The molecule has 0 saturated carbocycles. The maximum absolute atomic E-state index is 5.40. The molecule has 0 spiro atoms. The van der Waals surface area contributed by atoms with Gasteiger partial charge < -0.3 is 10.1 Å². The van der Waals surface area contributed by atoms with Gasteiger partial charge in [0.05, 0.1) is 6.61 Å². The van der Waals surface area contributed by atoms with Crippen molar-refractivity contribution in [1.82, 2.24) is 15.3 Å². The summed E-state index contributed by atoms with van der Waals surface area (Å²) >= 11 is 0. The molecule has 4 heteroatoms. The zero-order valence-corrected chi connectivity index (χ0v) is 11.3. The molecular weight excluding hydrogens is 238 g/mol. The van der Waals surface area contributed by atoms with Crippen LogP contribution in [0.4, 0.5) is 0 Å². The molecule has 0 radical (unpaired) electrons. The van der Waals surface area contributed by atoms with Crippen molar-refractivity contribution in [2.75, 3.05) is 13.7 Å². The second-order valence-electron chi connectivity index (χ2n) is 4.24. The lowest BCUT2D eigenvalue weighted by Gasteiger charge is -2.16. The van der Waals surface area contributed by atoms with Crippen molar-refractivity contribution in [3.8, 4) is 5.88 Å². The molecule has 2 aromatic rings. The highest BCUT2D eigenvalue weighted by molar-refractivity contribution is 5.22. The third kappa shape index (κ3) is 3.76. The van der Waals surface area contributed by atoms with Gasteiger partial charge in [-0.3, -0.25) is 0 Å². The Morgan fingerprint density at radius 3 is 2.68 bits per heavy atom. The molecule has 0 bridgehead atoms. The molecule has 1 N–H and O–H groups in total. The van der Waals surface area contributed by atoms with Gasteiger partial charge in [0.15, 0.2) is 0 Å². The van der Waals surface area contributed by atoms with Gasteiger partial charge in [0, 0.05) is 24.2 Å². The van der Waals surface area contributed by atoms with Crippen LogP contribution in [0, 0.1) is 0 Å². The van der Waals surface area contributed by atoms with Crippen molar-refractivity contribution in [1.29, 1.82) is 0 Å². The zero-order valence-electron chi connectivity index (χ0n) is 11.3. The second kappa shape index (κ2) is 6.85. The molecule has 0 aliphatic rings. The zero-order chi connectivity index (χ0) is 13.5. The summed E-state index contributed by atoms with van der Waals surface area (Å²) in [6.45, 7) is 2.56. The summed E-state index contributed by atoms with van der Waals surface area (Å²) in [6, 6.07) is 12.5. The van der Waals surface area contributed by atoms with Crippen LogP contribution in [0.5, 0.6) is 5.88 Å². The molecule has 1 heterocycles. The minimum atomic E-state index is 0.241. The smallest absolute Gasteiger partial charge is 0.216 e. The highest BCUT2D eigenvalue weighted by Gasteiger charge is 2.11. The van der Waals surface area contributed by atoms with Crippen LogP contribution < -0.4 is 10.1 Å². The van der Waals surface area contributed by atoms with Crippen LogP contribution >= 0.6 is 0 Å². The van der Waals surface area contributed by atoms with Crippen molar-refractivity contribution in [2.24, 2.45) is 0 Å². The largest absolute Gasteiger partial charge is 0.478 e.